The summed E-state index contributed by atoms with van der Waals surface area (Å²) < 4.78 is 5.45. The molecule has 2 heteroatoms. The Kier molecular flexibility index (Phi) is 6.65. The van der Waals surface area contributed by atoms with E-state index in [0.717, 1.165) is 19.3 Å². The van der Waals surface area contributed by atoms with Crippen LogP contribution in [0.1, 0.15) is 53.4 Å². The normalized spacial score (nSPS) is 15.1. The molecule has 0 saturated carbocycles. The number of hydrogen-bond donors (Lipinski definition) is 1. The second kappa shape index (κ2) is 6.93. The van der Waals surface area contributed by atoms with Gasteiger partial charge in [-0.15, -0.1) is 0 Å². The smallest absolute Gasteiger partial charge is 0.180 e. The minimum atomic E-state index is 0.203. The van der Waals surface area contributed by atoms with E-state index in [1.165, 1.54) is 6.42 Å². The van der Waals surface area contributed by atoms with Crippen LogP contribution in [0, 0.1) is 11.3 Å². The van der Waals surface area contributed by atoms with Crippen LogP contribution in [0.5, 0.6) is 0 Å². The van der Waals surface area contributed by atoms with Crippen LogP contribution < -0.4 is 0 Å². The highest BCUT2D eigenvalue weighted by molar-refractivity contribution is 5.72. The van der Waals surface area contributed by atoms with Crippen molar-refractivity contribution in [2.45, 2.75) is 59.5 Å². The summed E-state index contributed by atoms with van der Waals surface area (Å²) in [6.07, 6.45) is 4.21. The van der Waals surface area contributed by atoms with E-state index in [4.69, 9.17) is 10.1 Å². The van der Waals surface area contributed by atoms with E-state index in [9.17, 15) is 0 Å². The molecular formula is C11H23NO. The Bertz CT molecular complexity index is 145. The number of nitrogens with one attached hydrogen (secondary N) is 1. The molecule has 0 aromatic rings. The van der Waals surface area contributed by atoms with Crippen molar-refractivity contribution in [3.05, 3.63) is 0 Å². The summed E-state index contributed by atoms with van der Waals surface area (Å²) in [5.74, 6) is 1.14. The third-order valence-electron chi connectivity index (χ3n) is 2.25. The fourth-order valence-corrected chi connectivity index (χ4v) is 1.31. The first kappa shape index (κ1) is 12.5. The molecule has 2 nitrogen and oxygen atoms in total. The van der Waals surface area contributed by atoms with Crippen molar-refractivity contribution < 1.29 is 4.74 Å². The molecule has 0 aliphatic heterocycles. The summed E-state index contributed by atoms with van der Waals surface area (Å²) >= 11 is 0. The van der Waals surface area contributed by atoms with E-state index in [1.807, 2.05) is 0 Å². The lowest BCUT2D eigenvalue weighted by atomic mass is 10.0. The Morgan fingerprint density at radius 1 is 1.31 bits per heavy atom. The van der Waals surface area contributed by atoms with Gasteiger partial charge in [-0.05, 0) is 25.7 Å². The zero-order valence-corrected chi connectivity index (χ0v) is 9.39. The maximum atomic E-state index is 7.50. The quantitative estimate of drug-likeness (QED) is 0.497. The van der Waals surface area contributed by atoms with E-state index in [0.29, 0.717) is 11.8 Å². The predicted octanol–water partition coefficient (Wildman–Crippen LogP) is 3.61. The molecule has 0 radical (unpaired) electrons. The fraction of sp³-hybridized carbons (Fsp3) is 0.909. The Labute approximate surface area is 82.2 Å². The van der Waals surface area contributed by atoms with Crippen molar-refractivity contribution in [1.82, 2.24) is 0 Å². The topological polar surface area (TPSA) is 33.1 Å². The second-order valence-electron chi connectivity index (χ2n) is 3.85. The number of rotatable bonds is 6. The minimum absolute atomic E-state index is 0.203. The fourth-order valence-electron chi connectivity index (χ4n) is 1.31. The van der Waals surface area contributed by atoms with Gasteiger partial charge in [0, 0.05) is 6.42 Å². The number of hydrogen-bond acceptors (Lipinski definition) is 2. The summed E-state index contributed by atoms with van der Waals surface area (Å²) in [7, 11) is 0. The van der Waals surface area contributed by atoms with Gasteiger partial charge in [0.2, 0.25) is 0 Å². The molecule has 0 aromatic heterocycles. The molecule has 1 N–H and O–H groups in total. The molecule has 2 unspecified atom stereocenters. The van der Waals surface area contributed by atoms with Crippen LogP contribution in [0.2, 0.25) is 0 Å². The zero-order chi connectivity index (χ0) is 10.3. The van der Waals surface area contributed by atoms with Crippen LogP contribution in [-0.4, -0.2) is 12.0 Å². The average molecular weight is 185 g/mol. The van der Waals surface area contributed by atoms with Crippen LogP contribution >= 0.6 is 0 Å². The molecule has 0 aromatic carbocycles. The Hall–Kier alpha value is -0.530. The van der Waals surface area contributed by atoms with Gasteiger partial charge in [0.15, 0.2) is 5.90 Å². The van der Waals surface area contributed by atoms with E-state index in [1.54, 1.807) is 0 Å². The molecule has 0 heterocycles. The predicted molar refractivity (Wildman–Crippen MR) is 57.3 cm³/mol. The van der Waals surface area contributed by atoms with Crippen LogP contribution in [0.25, 0.3) is 0 Å². The van der Waals surface area contributed by atoms with Gasteiger partial charge >= 0.3 is 0 Å². The first-order valence-electron chi connectivity index (χ1n) is 5.34. The SMILES string of the molecule is CCCC(=N)OC(C)CC(C)CC. The van der Waals surface area contributed by atoms with Gasteiger partial charge in [-0.2, -0.15) is 0 Å². The van der Waals surface area contributed by atoms with Gasteiger partial charge < -0.3 is 4.74 Å². The maximum absolute atomic E-state index is 7.50. The molecule has 0 fully saturated rings. The van der Waals surface area contributed by atoms with Crippen LogP contribution in [0.3, 0.4) is 0 Å². The van der Waals surface area contributed by atoms with Gasteiger partial charge in [-0.1, -0.05) is 27.2 Å². The van der Waals surface area contributed by atoms with E-state index in [2.05, 4.69) is 27.7 Å². The van der Waals surface area contributed by atoms with Crippen molar-refractivity contribution in [3.8, 4) is 0 Å². The van der Waals surface area contributed by atoms with Crippen molar-refractivity contribution in [2.75, 3.05) is 0 Å². The van der Waals surface area contributed by atoms with Gasteiger partial charge in [0.05, 0.1) is 6.10 Å². The molecule has 13 heavy (non-hydrogen) atoms. The van der Waals surface area contributed by atoms with Crippen molar-refractivity contribution >= 4 is 5.90 Å². The van der Waals surface area contributed by atoms with Crippen LogP contribution in [0.15, 0.2) is 0 Å². The maximum Gasteiger partial charge on any atom is 0.180 e. The molecule has 0 rings (SSSR count). The zero-order valence-electron chi connectivity index (χ0n) is 9.39. The Balaban J connectivity index is 3.60. The average Bonchev–Trinajstić information content (AvgIpc) is 2.04. The van der Waals surface area contributed by atoms with Gasteiger partial charge in [-0.3, -0.25) is 5.41 Å². The lowest BCUT2D eigenvalue weighted by Crippen LogP contribution is -2.16. The molecule has 78 valence electrons. The second-order valence-corrected chi connectivity index (χ2v) is 3.85. The molecular weight excluding hydrogens is 162 g/mol. The van der Waals surface area contributed by atoms with Gasteiger partial charge in [0.1, 0.15) is 0 Å². The minimum Gasteiger partial charge on any atom is -0.478 e. The van der Waals surface area contributed by atoms with Crippen molar-refractivity contribution in [1.29, 1.82) is 5.41 Å². The number of ether oxygens (including phenoxy) is 1. The monoisotopic (exact) mass is 185 g/mol. The highest BCUT2D eigenvalue weighted by atomic mass is 16.5. The molecule has 0 aliphatic rings. The molecule has 0 amide bonds. The summed E-state index contributed by atoms with van der Waals surface area (Å²) in [4.78, 5) is 0. The standard InChI is InChI=1S/C11H23NO/c1-5-7-11(12)13-10(4)8-9(3)6-2/h9-10,12H,5-8H2,1-4H3. The van der Waals surface area contributed by atoms with E-state index in [-0.39, 0.29) is 6.10 Å². The highest BCUT2D eigenvalue weighted by Crippen LogP contribution is 2.12. The molecule has 0 saturated heterocycles. The summed E-state index contributed by atoms with van der Waals surface area (Å²) in [6.45, 7) is 8.53. The first-order chi connectivity index (χ1) is 6.10. The summed E-state index contributed by atoms with van der Waals surface area (Å²) in [5.41, 5.74) is 0. The van der Waals surface area contributed by atoms with Gasteiger partial charge in [0.25, 0.3) is 0 Å². The molecule has 0 spiro atoms. The third-order valence-corrected chi connectivity index (χ3v) is 2.25. The summed E-state index contributed by atoms with van der Waals surface area (Å²) in [5, 5.41) is 7.50. The largest absolute Gasteiger partial charge is 0.478 e. The van der Waals surface area contributed by atoms with Crippen LogP contribution in [0.4, 0.5) is 0 Å². The van der Waals surface area contributed by atoms with Crippen LogP contribution in [-0.2, 0) is 4.74 Å². The lowest BCUT2D eigenvalue weighted by Gasteiger charge is -2.17. The first-order valence-corrected chi connectivity index (χ1v) is 5.34. The summed E-state index contributed by atoms with van der Waals surface area (Å²) in [6, 6.07) is 0. The van der Waals surface area contributed by atoms with Crippen molar-refractivity contribution in [3.63, 3.8) is 0 Å². The lowest BCUT2D eigenvalue weighted by molar-refractivity contribution is 0.168. The van der Waals surface area contributed by atoms with Crippen molar-refractivity contribution in [2.24, 2.45) is 5.92 Å². The Morgan fingerprint density at radius 2 is 1.92 bits per heavy atom. The molecule has 0 bridgehead atoms. The van der Waals surface area contributed by atoms with E-state index >= 15 is 0 Å². The third kappa shape index (κ3) is 6.62. The molecule has 0 aliphatic carbocycles. The van der Waals surface area contributed by atoms with E-state index < -0.39 is 0 Å². The molecule has 2 atom stereocenters. The van der Waals surface area contributed by atoms with Gasteiger partial charge in [-0.25, -0.2) is 0 Å². The Morgan fingerprint density at radius 3 is 2.38 bits per heavy atom. The highest BCUT2D eigenvalue weighted by Gasteiger charge is 2.09.